The molecule has 1 aromatic heterocycles. The first-order chi connectivity index (χ1) is 12.0. The molecule has 0 aliphatic carbocycles. The van der Waals surface area contributed by atoms with E-state index in [0.717, 1.165) is 16.7 Å². The third-order valence-electron chi connectivity index (χ3n) is 4.11. The molecule has 2 aromatic rings. The van der Waals surface area contributed by atoms with E-state index in [9.17, 15) is 13.2 Å². The second-order valence-corrected chi connectivity index (χ2v) is 6.49. The van der Waals surface area contributed by atoms with Crippen molar-refractivity contribution in [2.24, 2.45) is 0 Å². The number of hydrogen-bond acceptors (Lipinski definition) is 3. The number of halogens is 3. The van der Waals surface area contributed by atoms with Crippen molar-refractivity contribution < 1.29 is 22.6 Å². The molecular weight excluding hydrogens is 343 g/mol. The van der Waals surface area contributed by atoms with Crippen LogP contribution in [0, 0.1) is 34.6 Å². The second kappa shape index (κ2) is 7.66. The van der Waals surface area contributed by atoms with Gasteiger partial charge in [0.15, 0.2) is 6.10 Å². The number of hydrogen-bond donors (Lipinski definition) is 0. The van der Waals surface area contributed by atoms with Gasteiger partial charge in [-0.3, -0.25) is 0 Å². The Kier molecular flexibility index (Phi) is 5.96. The lowest BCUT2D eigenvalue weighted by Crippen LogP contribution is -2.25. The molecule has 0 fully saturated rings. The highest BCUT2D eigenvalue weighted by atomic mass is 19.4. The average molecular weight is 367 g/mol. The van der Waals surface area contributed by atoms with Crippen LogP contribution in [0.15, 0.2) is 18.2 Å². The van der Waals surface area contributed by atoms with E-state index in [2.05, 4.69) is 4.98 Å². The molecule has 0 amide bonds. The van der Waals surface area contributed by atoms with Gasteiger partial charge >= 0.3 is 6.18 Å². The number of aryl methyl sites for hydroxylation is 4. The topological polar surface area (TPSA) is 31.4 Å². The molecule has 0 saturated carbocycles. The van der Waals surface area contributed by atoms with E-state index >= 15 is 0 Å². The normalized spacial score (nSPS) is 13.0. The van der Waals surface area contributed by atoms with Crippen LogP contribution in [0.3, 0.4) is 0 Å². The minimum absolute atomic E-state index is 0.0317. The lowest BCUT2D eigenvalue weighted by molar-refractivity contribution is -0.222. The molecule has 0 radical (unpaired) electrons. The molecule has 1 unspecified atom stereocenters. The summed E-state index contributed by atoms with van der Waals surface area (Å²) in [6.45, 7) is 10.5. The largest absolute Gasteiger partial charge is 0.438 e. The zero-order chi connectivity index (χ0) is 19.6. The minimum Gasteiger partial charge on any atom is -0.438 e. The van der Waals surface area contributed by atoms with E-state index in [0.29, 0.717) is 17.0 Å². The maximum Gasteiger partial charge on any atom is 0.418 e. The van der Waals surface area contributed by atoms with Crippen LogP contribution in [-0.2, 0) is 4.74 Å². The smallest absolute Gasteiger partial charge is 0.418 e. The SMILES string of the molecule is CCOC(c1cc(C)nc(Oc2c(C)cc(C)cc2C)c1C)C(F)(F)F. The molecule has 142 valence electrons. The number of aromatic nitrogens is 1. The molecule has 0 bridgehead atoms. The lowest BCUT2D eigenvalue weighted by Gasteiger charge is -2.24. The molecule has 6 heteroatoms. The van der Waals surface area contributed by atoms with E-state index in [4.69, 9.17) is 9.47 Å². The van der Waals surface area contributed by atoms with Gasteiger partial charge in [-0.15, -0.1) is 0 Å². The first kappa shape index (κ1) is 20.2. The summed E-state index contributed by atoms with van der Waals surface area (Å²) in [5.74, 6) is 0.784. The number of pyridine rings is 1. The molecule has 1 aromatic carbocycles. The van der Waals surface area contributed by atoms with Gasteiger partial charge in [-0.25, -0.2) is 4.98 Å². The Morgan fingerprint density at radius 2 is 1.58 bits per heavy atom. The van der Waals surface area contributed by atoms with E-state index in [-0.39, 0.29) is 18.1 Å². The standard InChI is InChI=1S/C20H24F3NO2/c1-7-25-18(20(21,22)23)16-10-14(5)24-19(15(16)6)26-17-12(3)8-11(2)9-13(17)4/h8-10,18H,7H2,1-6H3. The van der Waals surface area contributed by atoms with Gasteiger partial charge in [-0.05, 0) is 64.3 Å². The van der Waals surface area contributed by atoms with Crippen LogP contribution in [-0.4, -0.2) is 17.8 Å². The summed E-state index contributed by atoms with van der Waals surface area (Å²) >= 11 is 0. The number of rotatable bonds is 5. The number of nitrogens with zero attached hydrogens (tertiary/aromatic N) is 1. The maximum atomic E-state index is 13.4. The zero-order valence-electron chi connectivity index (χ0n) is 15.9. The summed E-state index contributed by atoms with van der Waals surface area (Å²) in [5, 5.41) is 0. The van der Waals surface area contributed by atoms with Crippen molar-refractivity contribution in [1.29, 1.82) is 0 Å². The maximum absolute atomic E-state index is 13.4. The van der Waals surface area contributed by atoms with Crippen molar-refractivity contribution in [1.82, 2.24) is 4.98 Å². The van der Waals surface area contributed by atoms with Crippen molar-refractivity contribution >= 4 is 0 Å². The van der Waals surface area contributed by atoms with E-state index in [1.165, 1.54) is 6.07 Å². The van der Waals surface area contributed by atoms with E-state index < -0.39 is 12.3 Å². The highest BCUT2D eigenvalue weighted by molar-refractivity contribution is 5.47. The van der Waals surface area contributed by atoms with Crippen LogP contribution in [0.25, 0.3) is 0 Å². The van der Waals surface area contributed by atoms with E-state index in [1.54, 1.807) is 20.8 Å². The van der Waals surface area contributed by atoms with Gasteiger partial charge in [0.2, 0.25) is 5.88 Å². The summed E-state index contributed by atoms with van der Waals surface area (Å²) in [7, 11) is 0. The average Bonchev–Trinajstić information content (AvgIpc) is 2.50. The lowest BCUT2D eigenvalue weighted by atomic mass is 10.0. The van der Waals surface area contributed by atoms with Crippen molar-refractivity contribution in [3.05, 3.63) is 51.7 Å². The Morgan fingerprint density at radius 1 is 1.00 bits per heavy atom. The highest BCUT2D eigenvalue weighted by Gasteiger charge is 2.43. The number of benzene rings is 1. The van der Waals surface area contributed by atoms with E-state index in [1.807, 2.05) is 32.9 Å². The number of ether oxygens (including phenoxy) is 2. The fraction of sp³-hybridized carbons (Fsp3) is 0.450. The van der Waals surface area contributed by atoms with Gasteiger partial charge in [0, 0.05) is 17.9 Å². The molecule has 0 aliphatic rings. The summed E-state index contributed by atoms with van der Waals surface area (Å²) in [6, 6.07) is 5.34. The van der Waals surface area contributed by atoms with Crippen LogP contribution in [0.2, 0.25) is 0 Å². The monoisotopic (exact) mass is 367 g/mol. The van der Waals surface area contributed by atoms with Gasteiger partial charge in [-0.2, -0.15) is 13.2 Å². The Balaban J connectivity index is 2.54. The van der Waals surface area contributed by atoms with Crippen molar-refractivity contribution in [3.8, 4) is 11.6 Å². The summed E-state index contributed by atoms with van der Waals surface area (Å²) < 4.78 is 51.3. The van der Waals surface area contributed by atoms with Crippen LogP contribution in [0.5, 0.6) is 11.6 Å². The molecule has 26 heavy (non-hydrogen) atoms. The van der Waals surface area contributed by atoms with Crippen molar-refractivity contribution in [3.63, 3.8) is 0 Å². The van der Waals surface area contributed by atoms with Gasteiger partial charge in [0.1, 0.15) is 5.75 Å². The molecule has 1 atom stereocenters. The molecule has 0 N–H and O–H groups in total. The summed E-state index contributed by atoms with van der Waals surface area (Å²) in [6.07, 6.45) is -6.52. The first-order valence-electron chi connectivity index (χ1n) is 8.46. The highest BCUT2D eigenvalue weighted by Crippen LogP contribution is 2.40. The van der Waals surface area contributed by atoms with Crippen LogP contribution in [0.4, 0.5) is 13.2 Å². The first-order valence-corrected chi connectivity index (χ1v) is 8.46. The van der Waals surface area contributed by atoms with Crippen LogP contribution >= 0.6 is 0 Å². The van der Waals surface area contributed by atoms with Gasteiger partial charge in [0.05, 0.1) is 0 Å². The second-order valence-electron chi connectivity index (χ2n) is 6.49. The van der Waals surface area contributed by atoms with Crippen LogP contribution in [0.1, 0.15) is 46.5 Å². The Bertz CT molecular complexity index is 777. The Hall–Kier alpha value is -2.08. The molecule has 0 aliphatic heterocycles. The summed E-state index contributed by atoms with van der Waals surface area (Å²) in [4.78, 5) is 4.31. The molecule has 0 saturated heterocycles. The molecule has 1 heterocycles. The number of alkyl halides is 3. The molecule has 0 spiro atoms. The minimum atomic E-state index is -4.51. The zero-order valence-corrected chi connectivity index (χ0v) is 15.9. The Morgan fingerprint density at radius 3 is 2.08 bits per heavy atom. The predicted octanol–water partition coefficient (Wildman–Crippen LogP) is 6.06. The fourth-order valence-corrected chi connectivity index (χ4v) is 3.06. The molecule has 3 nitrogen and oxygen atoms in total. The molecule has 2 rings (SSSR count). The fourth-order valence-electron chi connectivity index (χ4n) is 3.06. The third kappa shape index (κ3) is 4.36. The third-order valence-corrected chi connectivity index (χ3v) is 4.11. The molecular formula is C20H24F3NO2. The van der Waals surface area contributed by atoms with Crippen molar-refractivity contribution in [2.45, 2.75) is 53.8 Å². The van der Waals surface area contributed by atoms with Crippen LogP contribution < -0.4 is 4.74 Å². The van der Waals surface area contributed by atoms with Gasteiger partial charge in [0.25, 0.3) is 0 Å². The summed E-state index contributed by atoms with van der Waals surface area (Å²) in [5.41, 5.74) is 3.70. The quantitative estimate of drug-likeness (QED) is 0.644. The van der Waals surface area contributed by atoms with Gasteiger partial charge in [-0.1, -0.05) is 17.7 Å². The van der Waals surface area contributed by atoms with Gasteiger partial charge < -0.3 is 9.47 Å². The Labute approximate surface area is 152 Å². The predicted molar refractivity (Wildman–Crippen MR) is 94.9 cm³/mol. The van der Waals surface area contributed by atoms with Crippen molar-refractivity contribution in [2.75, 3.05) is 6.61 Å².